The van der Waals surface area contributed by atoms with E-state index in [-0.39, 0.29) is 12.5 Å². The zero-order valence-electron chi connectivity index (χ0n) is 17.2. The van der Waals surface area contributed by atoms with Gasteiger partial charge in [0.05, 0.1) is 18.5 Å². The zero-order valence-corrected chi connectivity index (χ0v) is 19.5. The number of carbonyl (C=O) groups excluding carboxylic acids is 1. The second-order valence-electron chi connectivity index (χ2n) is 7.76. The summed E-state index contributed by atoms with van der Waals surface area (Å²) in [4.78, 5) is 17.1. The van der Waals surface area contributed by atoms with Crippen molar-refractivity contribution in [2.24, 2.45) is 0 Å². The van der Waals surface area contributed by atoms with Crippen LogP contribution in [0.25, 0.3) is 0 Å². The highest BCUT2D eigenvalue weighted by Gasteiger charge is 2.38. The fourth-order valence-electron chi connectivity index (χ4n) is 3.96. The first-order chi connectivity index (χ1) is 14.6. The van der Waals surface area contributed by atoms with Crippen LogP contribution in [0.5, 0.6) is 5.75 Å². The molecule has 7 nitrogen and oxygen atoms in total. The number of aryl methyl sites for hydroxylation is 1. The molecular weight excluding hydrogens is 461 g/mol. The highest BCUT2D eigenvalue weighted by atomic mass is 35.5. The van der Waals surface area contributed by atoms with Gasteiger partial charge in [-0.2, -0.15) is 0 Å². The Hall–Kier alpha value is -2.16. The van der Waals surface area contributed by atoms with Crippen LogP contribution in [0, 0.1) is 6.92 Å². The van der Waals surface area contributed by atoms with Gasteiger partial charge >= 0.3 is 0 Å². The molecule has 0 N–H and O–H groups in total. The fourth-order valence-corrected chi connectivity index (χ4v) is 5.20. The van der Waals surface area contributed by atoms with E-state index < -0.39 is 16.1 Å². The second-order valence-corrected chi connectivity index (χ2v) is 10.5. The van der Waals surface area contributed by atoms with Crippen molar-refractivity contribution in [3.05, 3.63) is 52.0 Å². The first kappa shape index (κ1) is 22.0. The first-order valence-electron chi connectivity index (χ1n) is 9.87. The quantitative estimate of drug-likeness (QED) is 0.670. The van der Waals surface area contributed by atoms with Gasteiger partial charge in [-0.15, -0.1) is 0 Å². The number of sulfonamides is 1. The summed E-state index contributed by atoms with van der Waals surface area (Å²) in [5.41, 5.74) is 2.53. The summed E-state index contributed by atoms with van der Waals surface area (Å²) in [7, 11) is -3.60. The molecule has 1 unspecified atom stereocenters. The molecule has 0 aliphatic carbocycles. The van der Waals surface area contributed by atoms with Gasteiger partial charge in [0.2, 0.25) is 10.0 Å². The number of amides is 1. The van der Waals surface area contributed by atoms with Gasteiger partial charge in [0, 0.05) is 41.9 Å². The number of benzene rings is 2. The minimum Gasteiger partial charge on any atom is -0.476 e. The monoisotopic (exact) mass is 483 g/mol. The maximum absolute atomic E-state index is 13.2. The van der Waals surface area contributed by atoms with Crippen LogP contribution in [-0.2, 0) is 14.8 Å². The maximum atomic E-state index is 13.2. The summed E-state index contributed by atoms with van der Waals surface area (Å²) in [5.74, 6) is 0.101. The average molecular weight is 484 g/mol. The van der Waals surface area contributed by atoms with Crippen molar-refractivity contribution in [3.63, 3.8) is 0 Å². The van der Waals surface area contributed by atoms with Gasteiger partial charge in [0.25, 0.3) is 5.91 Å². The van der Waals surface area contributed by atoms with Crippen LogP contribution in [-0.4, -0.2) is 64.3 Å². The Bertz CT molecular complexity index is 1120. The van der Waals surface area contributed by atoms with Crippen molar-refractivity contribution < 1.29 is 17.9 Å². The summed E-state index contributed by atoms with van der Waals surface area (Å²) in [5, 5.41) is 1.07. The van der Waals surface area contributed by atoms with E-state index in [1.54, 1.807) is 17.0 Å². The molecule has 0 saturated carbocycles. The van der Waals surface area contributed by atoms with Crippen molar-refractivity contribution in [3.8, 4) is 5.75 Å². The number of halogens is 2. The topological polar surface area (TPSA) is 70.2 Å². The first-order valence-corrected chi connectivity index (χ1v) is 12.5. The molecule has 2 aromatic carbocycles. The van der Waals surface area contributed by atoms with Crippen molar-refractivity contribution in [2.45, 2.75) is 13.0 Å². The Kier molecular flexibility index (Phi) is 5.98. The molecule has 4 rings (SSSR count). The third-order valence-electron chi connectivity index (χ3n) is 5.57. The Morgan fingerprint density at radius 3 is 2.26 bits per heavy atom. The van der Waals surface area contributed by atoms with Crippen molar-refractivity contribution in [2.75, 3.05) is 48.2 Å². The molecule has 166 valence electrons. The highest BCUT2D eigenvalue weighted by molar-refractivity contribution is 7.92. The van der Waals surface area contributed by atoms with E-state index in [1.165, 1.54) is 10.4 Å². The molecule has 0 aromatic heterocycles. The van der Waals surface area contributed by atoms with Crippen LogP contribution in [0.15, 0.2) is 36.4 Å². The molecule has 0 spiro atoms. The molecule has 31 heavy (non-hydrogen) atoms. The predicted molar refractivity (Wildman–Crippen MR) is 123 cm³/mol. The van der Waals surface area contributed by atoms with Crippen LogP contribution in [0.2, 0.25) is 10.0 Å². The van der Waals surface area contributed by atoms with Gasteiger partial charge in [-0.1, -0.05) is 29.3 Å². The second kappa shape index (κ2) is 8.41. The summed E-state index contributed by atoms with van der Waals surface area (Å²) >= 11 is 12.2. The molecule has 0 radical (unpaired) electrons. The summed E-state index contributed by atoms with van der Waals surface area (Å²) in [6, 6.07) is 10.5. The maximum Gasteiger partial charge on any atom is 0.265 e. The fraction of sp³-hybridized carbons (Fsp3) is 0.381. The lowest BCUT2D eigenvalue weighted by atomic mass is 10.1. The Morgan fingerprint density at radius 2 is 1.61 bits per heavy atom. The molecular formula is C21H23Cl2N3O4S. The van der Waals surface area contributed by atoms with Crippen molar-refractivity contribution >= 4 is 50.5 Å². The molecule has 1 atom stereocenters. The minimum absolute atomic E-state index is 0.0847. The van der Waals surface area contributed by atoms with E-state index in [0.29, 0.717) is 47.7 Å². The van der Waals surface area contributed by atoms with E-state index >= 15 is 0 Å². The van der Waals surface area contributed by atoms with Crippen molar-refractivity contribution in [1.29, 1.82) is 0 Å². The number of hydrogen-bond donors (Lipinski definition) is 0. The average Bonchev–Trinajstić information content (AvgIpc) is 2.73. The Labute approximate surface area is 192 Å². The largest absolute Gasteiger partial charge is 0.476 e. The standard InChI is InChI=1S/C21H23Cl2N3O4S/c1-14-3-4-15(22)11-17(14)24-7-9-25(10-8-24)21(27)20-13-26(31(2,28)29)18-12-16(23)5-6-19(18)30-20/h3-6,11-12,20H,7-10,13H2,1-2H3. The lowest BCUT2D eigenvalue weighted by Gasteiger charge is -2.40. The summed E-state index contributed by atoms with van der Waals surface area (Å²) in [6.07, 6.45) is 0.194. The van der Waals surface area contributed by atoms with Crippen molar-refractivity contribution in [1.82, 2.24) is 4.90 Å². The third-order valence-corrected chi connectivity index (χ3v) is 7.19. The van der Waals surface area contributed by atoms with Gasteiger partial charge in [0.1, 0.15) is 5.75 Å². The number of ether oxygens (including phenoxy) is 1. The molecule has 10 heteroatoms. The highest BCUT2D eigenvalue weighted by Crippen LogP contribution is 2.37. The van der Waals surface area contributed by atoms with Crippen LogP contribution in [0.1, 0.15) is 5.56 Å². The van der Waals surface area contributed by atoms with Gasteiger partial charge in [-0.25, -0.2) is 8.42 Å². The molecule has 1 amide bonds. The predicted octanol–water partition coefficient (Wildman–Crippen LogP) is 3.18. The SMILES string of the molecule is Cc1ccc(Cl)cc1N1CCN(C(=O)C2CN(S(C)(=O)=O)c3cc(Cl)ccc3O2)CC1. The zero-order chi connectivity index (χ0) is 22.3. The minimum atomic E-state index is -3.60. The van der Waals surface area contributed by atoms with E-state index in [2.05, 4.69) is 4.90 Å². The van der Waals surface area contributed by atoms with Crippen LogP contribution < -0.4 is 13.9 Å². The number of anilines is 2. The number of piperazine rings is 1. The van der Waals surface area contributed by atoms with Gasteiger partial charge < -0.3 is 14.5 Å². The van der Waals surface area contributed by atoms with Crippen LogP contribution in [0.4, 0.5) is 11.4 Å². The molecule has 1 fully saturated rings. The molecule has 1 saturated heterocycles. The van der Waals surface area contributed by atoms with Gasteiger partial charge in [0.15, 0.2) is 6.10 Å². The number of hydrogen-bond acceptors (Lipinski definition) is 5. The number of rotatable bonds is 3. The summed E-state index contributed by atoms with van der Waals surface area (Å²) < 4.78 is 31.8. The lowest BCUT2D eigenvalue weighted by Crippen LogP contribution is -2.56. The number of carbonyl (C=O) groups is 1. The smallest absolute Gasteiger partial charge is 0.265 e. The molecule has 2 aliphatic rings. The van der Waals surface area contributed by atoms with E-state index in [9.17, 15) is 13.2 Å². The van der Waals surface area contributed by atoms with Gasteiger partial charge in [-0.05, 0) is 42.8 Å². The van der Waals surface area contributed by atoms with E-state index in [1.807, 2.05) is 25.1 Å². The molecule has 2 aromatic rings. The van der Waals surface area contributed by atoms with E-state index in [4.69, 9.17) is 27.9 Å². The molecule has 0 bridgehead atoms. The van der Waals surface area contributed by atoms with E-state index in [0.717, 1.165) is 17.5 Å². The third kappa shape index (κ3) is 4.56. The number of nitrogens with zero attached hydrogens (tertiary/aromatic N) is 3. The van der Waals surface area contributed by atoms with Gasteiger partial charge in [-0.3, -0.25) is 9.10 Å². The lowest BCUT2D eigenvalue weighted by molar-refractivity contribution is -0.138. The summed E-state index contributed by atoms with van der Waals surface area (Å²) in [6.45, 7) is 4.28. The van der Waals surface area contributed by atoms with Crippen LogP contribution in [0.3, 0.4) is 0 Å². The van der Waals surface area contributed by atoms with Crippen LogP contribution >= 0.6 is 23.2 Å². The Balaban J connectivity index is 1.49. The molecule has 2 heterocycles. The number of fused-ring (bicyclic) bond motifs is 1. The Morgan fingerprint density at radius 1 is 1.00 bits per heavy atom. The normalized spacial score (nSPS) is 19.1. The molecule has 2 aliphatic heterocycles.